The summed E-state index contributed by atoms with van der Waals surface area (Å²) in [4.78, 5) is 0. The van der Waals surface area contributed by atoms with E-state index in [9.17, 15) is 8.78 Å². The molecule has 0 heterocycles. The Morgan fingerprint density at radius 2 is 1.71 bits per heavy atom. The molecule has 0 fully saturated rings. The van der Waals surface area contributed by atoms with E-state index in [-0.39, 0.29) is 5.56 Å². The largest absolute Gasteiger partial charge is 0.320 e. The van der Waals surface area contributed by atoms with Gasteiger partial charge in [0.15, 0.2) is 0 Å². The second-order valence-electron chi connectivity index (χ2n) is 3.67. The molecule has 17 heavy (non-hydrogen) atoms. The van der Waals surface area contributed by atoms with E-state index in [1.54, 1.807) is 24.3 Å². The van der Waals surface area contributed by atoms with Crippen LogP contribution >= 0.6 is 11.6 Å². The van der Waals surface area contributed by atoms with Gasteiger partial charge in [-0.25, -0.2) is 8.78 Å². The molecule has 0 aliphatic rings. The van der Waals surface area contributed by atoms with Crippen LogP contribution in [0.25, 0.3) is 0 Å². The van der Waals surface area contributed by atoms with Crippen LogP contribution in [0.4, 0.5) is 8.78 Å². The Balaban J connectivity index is 2.47. The molecule has 0 aromatic heterocycles. The molecule has 1 nitrogen and oxygen atoms in total. The van der Waals surface area contributed by atoms with E-state index in [1.165, 1.54) is 0 Å². The van der Waals surface area contributed by atoms with E-state index >= 15 is 0 Å². The molecule has 0 bridgehead atoms. The van der Waals surface area contributed by atoms with E-state index in [4.69, 9.17) is 17.3 Å². The summed E-state index contributed by atoms with van der Waals surface area (Å²) in [6.45, 7) is 0. The van der Waals surface area contributed by atoms with E-state index in [0.717, 1.165) is 18.2 Å². The summed E-state index contributed by atoms with van der Waals surface area (Å²) in [5, 5.41) is 0.434. The van der Waals surface area contributed by atoms with E-state index in [1.807, 2.05) is 0 Å². The van der Waals surface area contributed by atoms with E-state index < -0.39 is 17.7 Å². The van der Waals surface area contributed by atoms with Gasteiger partial charge in [0.2, 0.25) is 0 Å². The maximum absolute atomic E-state index is 13.5. The smallest absolute Gasteiger partial charge is 0.128 e. The summed E-state index contributed by atoms with van der Waals surface area (Å²) in [7, 11) is 0. The first-order valence-corrected chi connectivity index (χ1v) is 5.42. The lowest BCUT2D eigenvalue weighted by molar-refractivity contribution is 0.576. The summed E-state index contributed by atoms with van der Waals surface area (Å²) in [6.07, 6.45) is 0. The van der Waals surface area contributed by atoms with Gasteiger partial charge in [-0.1, -0.05) is 29.8 Å². The van der Waals surface area contributed by atoms with Crippen LogP contribution in [0.15, 0.2) is 42.5 Å². The molecule has 88 valence electrons. The van der Waals surface area contributed by atoms with Gasteiger partial charge in [-0.15, -0.1) is 0 Å². The van der Waals surface area contributed by atoms with Crippen molar-refractivity contribution in [2.75, 3.05) is 0 Å². The minimum Gasteiger partial charge on any atom is -0.320 e. The van der Waals surface area contributed by atoms with Crippen LogP contribution in [0.3, 0.4) is 0 Å². The maximum atomic E-state index is 13.5. The van der Waals surface area contributed by atoms with Crippen molar-refractivity contribution < 1.29 is 8.78 Å². The fourth-order valence-electron chi connectivity index (χ4n) is 1.65. The third-order valence-corrected chi connectivity index (χ3v) is 2.88. The second kappa shape index (κ2) is 4.82. The number of hydrogen-bond acceptors (Lipinski definition) is 1. The highest BCUT2D eigenvalue weighted by atomic mass is 35.5. The molecule has 1 atom stereocenters. The highest BCUT2D eigenvalue weighted by Crippen LogP contribution is 2.28. The quantitative estimate of drug-likeness (QED) is 0.868. The maximum Gasteiger partial charge on any atom is 0.128 e. The van der Waals surface area contributed by atoms with Gasteiger partial charge in [0, 0.05) is 10.6 Å². The van der Waals surface area contributed by atoms with E-state index in [0.29, 0.717) is 10.6 Å². The zero-order valence-corrected chi connectivity index (χ0v) is 9.59. The van der Waals surface area contributed by atoms with Crippen molar-refractivity contribution in [2.24, 2.45) is 5.73 Å². The average Bonchev–Trinajstić information content (AvgIpc) is 2.32. The van der Waals surface area contributed by atoms with Gasteiger partial charge in [0.25, 0.3) is 0 Å². The van der Waals surface area contributed by atoms with Crippen LogP contribution in [-0.4, -0.2) is 0 Å². The predicted molar refractivity (Wildman–Crippen MR) is 63.8 cm³/mol. The van der Waals surface area contributed by atoms with Crippen molar-refractivity contribution in [1.82, 2.24) is 0 Å². The third-order valence-electron chi connectivity index (χ3n) is 2.53. The van der Waals surface area contributed by atoms with Gasteiger partial charge < -0.3 is 5.73 Å². The molecular formula is C13H10ClF2N. The van der Waals surface area contributed by atoms with Gasteiger partial charge in [0.05, 0.1) is 6.04 Å². The zero-order valence-electron chi connectivity index (χ0n) is 8.83. The summed E-state index contributed by atoms with van der Waals surface area (Å²) in [5.41, 5.74) is 6.56. The van der Waals surface area contributed by atoms with Crippen LogP contribution in [-0.2, 0) is 0 Å². The molecule has 2 rings (SSSR count). The Kier molecular flexibility index (Phi) is 3.41. The second-order valence-corrected chi connectivity index (χ2v) is 4.07. The number of rotatable bonds is 2. The first kappa shape index (κ1) is 12.0. The first-order chi connectivity index (χ1) is 8.09. The molecule has 4 heteroatoms. The number of halogens is 3. The number of nitrogens with two attached hydrogens (primary N) is 1. The molecule has 0 saturated heterocycles. The Labute approximate surface area is 103 Å². The molecule has 2 aromatic rings. The molecule has 0 aliphatic carbocycles. The normalized spacial score (nSPS) is 12.5. The summed E-state index contributed by atoms with van der Waals surface area (Å²) in [5.74, 6) is -1.07. The molecule has 0 saturated carbocycles. The molecule has 0 amide bonds. The molecule has 2 N–H and O–H groups in total. The lowest BCUT2D eigenvalue weighted by Crippen LogP contribution is -2.14. The summed E-state index contributed by atoms with van der Waals surface area (Å²) >= 11 is 5.96. The third kappa shape index (κ3) is 2.46. The highest BCUT2D eigenvalue weighted by Gasteiger charge is 2.16. The predicted octanol–water partition coefficient (Wildman–Crippen LogP) is 3.67. The van der Waals surface area contributed by atoms with Gasteiger partial charge in [0.1, 0.15) is 11.6 Å². The minimum atomic E-state index is -0.778. The first-order valence-electron chi connectivity index (χ1n) is 5.04. The van der Waals surface area contributed by atoms with Gasteiger partial charge in [-0.05, 0) is 29.8 Å². The molecule has 0 radical (unpaired) electrons. The SMILES string of the molecule is NC(c1cc(F)ccc1F)c1ccccc1Cl. The Bertz CT molecular complexity index is 543. The average molecular weight is 254 g/mol. The Morgan fingerprint density at radius 3 is 2.41 bits per heavy atom. The van der Waals surface area contributed by atoms with Crippen molar-refractivity contribution >= 4 is 11.6 Å². The highest BCUT2D eigenvalue weighted by molar-refractivity contribution is 6.31. The summed E-state index contributed by atoms with van der Waals surface area (Å²) in [6, 6.07) is 9.27. The van der Waals surface area contributed by atoms with Crippen molar-refractivity contribution in [2.45, 2.75) is 6.04 Å². The van der Waals surface area contributed by atoms with Crippen LogP contribution in [0.5, 0.6) is 0 Å². The Morgan fingerprint density at radius 1 is 1.00 bits per heavy atom. The molecule has 0 aliphatic heterocycles. The topological polar surface area (TPSA) is 26.0 Å². The molecule has 2 aromatic carbocycles. The Hall–Kier alpha value is -1.45. The van der Waals surface area contributed by atoms with Crippen molar-refractivity contribution in [3.8, 4) is 0 Å². The van der Waals surface area contributed by atoms with Crippen molar-refractivity contribution in [3.63, 3.8) is 0 Å². The lowest BCUT2D eigenvalue weighted by Gasteiger charge is -2.14. The van der Waals surface area contributed by atoms with Crippen molar-refractivity contribution in [1.29, 1.82) is 0 Å². The molecule has 1 unspecified atom stereocenters. The van der Waals surface area contributed by atoms with Gasteiger partial charge >= 0.3 is 0 Å². The monoisotopic (exact) mass is 253 g/mol. The minimum absolute atomic E-state index is 0.0955. The van der Waals surface area contributed by atoms with Crippen LogP contribution in [0.2, 0.25) is 5.02 Å². The zero-order chi connectivity index (χ0) is 12.4. The lowest BCUT2D eigenvalue weighted by atomic mass is 9.99. The fraction of sp³-hybridized carbons (Fsp3) is 0.0769. The van der Waals surface area contributed by atoms with Gasteiger partial charge in [-0.3, -0.25) is 0 Å². The van der Waals surface area contributed by atoms with Crippen LogP contribution in [0, 0.1) is 11.6 Å². The summed E-state index contributed by atoms with van der Waals surface area (Å²) < 4.78 is 26.6. The van der Waals surface area contributed by atoms with Crippen LogP contribution < -0.4 is 5.73 Å². The number of benzene rings is 2. The van der Waals surface area contributed by atoms with Gasteiger partial charge in [-0.2, -0.15) is 0 Å². The van der Waals surface area contributed by atoms with Crippen molar-refractivity contribution in [3.05, 3.63) is 70.2 Å². The fourth-order valence-corrected chi connectivity index (χ4v) is 1.90. The van der Waals surface area contributed by atoms with E-state index in [2.05, 4.69) is 0 Å². The molecule has 0 spiro atoms. The number of hydrogen-bond donors (Lipinski definition) is 1. The van der Waals surface area contributed by atoms with Crippen LogP contribution in [0.1, 0.15) is 17.2 Å². The standard InChI is InChI=1S/C13H10ClF2N/c14-11-4-2-1-3-9(11)13(17)10-7-8(15)5-6-12(10)16/h1-7,13H,17H2. The molecular weight excluding hydrogens is 244 g/mol.